The molecule has 0 N–H and O–H groups in total. The fourth-order valence-electron chi connectivity index (χ4n) is 5.97. The van der Waals surface area contributed by atoms with Crippen molar-refractivity contribution >= 4 is 56.6 Å². The van der Waals surface area contributed by atoms with Gasteiger partial charge in [0.2, 0.25) is 0 Å². The maximum Gasteiger partial charge on any atom is -0.00201 e. The third-order valence-corrected chi connectivity index (χ3v) is 8.03. The Kier molecular flexibility index (Phi) is 7.54. The minimum Gasteiger partial charge on any atom is -0.0918 e. The summed E-state index contributed by atoms with van der Waals surface area (Å²) in [7, 11) is 0. The molecule has 0 aliphatic carbocycles. The molecule has 0 aromatic heterocycles. The van der Waals surface area contributed by atoms with Gasteiger partial charge in [-0.15, -0.1) is 0 Å². The number of fused-ring (bicyclic) bond motifs is 3. The zero-order chi connectivity index (χ0) is 29.1. The van der Waals surface area contributed by atoms with Gasteiger partial charge >= 0.3 is 0 Å². The Bertz CT molecular complexity index is 2130. The number of benzene rings is 5. The molecule has 202 valence electrons. The highest BCUT2D eigenvalue weighted by Gasteiger charge is 2.17. The van der Waals surface area contributed by atoms with Crippen molar-refractivity contribution < 1.29 is 0 Å². The molecule has 0 amide bonds. The van der Waals surface area contributed by atoms with Crippen LogP contribution in [0.15, 0.2) is 146 Å². The Hall–Kier alpha value is -5.20. The highest BCUT2D eigenvalue weighted by molar-refractivity contribution is 6.21. The van der Waals surface area contributed by atoms with Gasteiger partial charge in [0.05, 0.1) is 0 Å². The van der Waals surface area contributed by atoms with E-state index < -0.39 is 0 Å². The fourth-order valence-corrected chi connectivity index (χ4v) is 5.97. The Morgan fingerprint density at radius 1 is 0.476 bits per heavy atom. The number of hydrogen-bond donors (Lipinski definition) is 0. The maximum atomic E-state index is 4.33. The lowest BCUT2D eigenvalue weighted by molar-refractivity contribution is 1.52. The normalized spacial score (nSPS) is 12.0. The van der Waals surface area contributed by atoms with Crippen LogP contribution in [-0.2, 0) is 0 Å². The molecule has 0 aliphatic heterocycles. The molecule has 0 atom stereocenters. The molecule has 0 spiro atoms. The van der Waals surface area contributed by atoms with E-state index >= 15 is 0 Å². The van der Waals surface area contributed by atoms with Crippen molar-refractivity contribution in [3.63, 3.8) is 0 Å². The van der Waals surface area contributed by atoms with Crippen LogP contribution in [-0.4, -0.2) is 0 Å². The van der Waals surface area contributed by atoms with E-state index in [0.29, 0.717) is 0 Å². The second-order valence-corrected chi connectivity index (χ2v) is 10.8. The molecule has 6 rings (SSSR count). The van der Waals surface area contributed by atoms with Crippen molar-refractivity contribution in [2.24, 2.45) is 0 Å². The van der Waals surface area contributed by atoms with Gasteiger partial charge in [0.15, 0.2) is 0 Å². The maximum absolute atomic E-state index is 4.33. The quantitative estimate of drug-likeness (QED) is 0.155. The summed E-state index contributed by atoms with van der Waals surface area (Å²) in [6.07, 6.45) is 4.47. The second kappa shape index (κ2) is 11.7. The molecule has 0 saturated heterocycles. The molecule has 0 heteroatoms. The summed E-state index contributed by atoms with van der Waals surface area (Å²) in [5.41, 5.74) is 7.32. The molecule has 0 unspecified atom stereocenters. The smallest absolute Gasteiger partial charge is 0.00201 e. The largest absolute Gasteiger partial charge is 0.0918 e. The molecule has 0 heterocycles. The molecule has 6 aromatic rings. The second-order valence-electron chi connectivity index (χ2n) is 10.8. The molecule has 0 fully saturated rings. The molecular weight excluding hydrogens is 504 g/mol. The summed E-state index contributed by atoms with van der Waals surface area (Å²) in [6.45, 7) is 12.8. The third kappa shape index (κ3) is 5.16. The van der Waals surface area contributed by atoms with Crippen molar-refractivity contribution in [3.05, 3.63) is 167 Å². The van der Waals surface area contributed by atoms with E-state index in [0.717, 1.165) is 21.6 Å². The van der Waals surface area contributed by atoms with Crippen LogP contribution in [0.1, 0.15) is 25.0 Å². The van der Waals surface area contributed by atoms with Gasteiger partial charge in [-0.3, -0.25) is 0 Å². The van der Waals surface area contributed by atoms with Crippen LogP contribution in [0.2, 0.25) is 0 Å². The first-order chi connectivity index (χ1) is 20.5. The molecule has 42 heavy (non-hydrogen) atoms. The molecule has 0 saturated carbocycles. The highest BCUT2D eigenvalue weighted by Crippen LogP contribution is 2.43. The summed E-state index contributed by atoms with van der Waals surface area (Å²) in [6, 6.07) is 47.2. The van der Waals surface area contributed by atoms with E-state index in [9.17, 15) is 0 Å². The summed E-state index contributed by atoms with van der Waals surface area (Å²) < 4.78 is 0. The summed E-state index contributed by atoms with van der Waals surface area (Å²) in [4.78, 5) is 0. The van der Waals surface area contributed by atoms with Crippen LogP contribution in [0, 0.1) is 0 Å². The monoisotopic (exact) mass is 538 g/mol. The van der Waals surface area contributed by atoms with Crippen molar-refractivity contribution in [2.75, 3.05) is 0 Å². The van der Waals surface area contributed by atoms with E-state index in [1.165, 1.54) is 54.6 Å². The first-order valence-corrected chi connectivity index (χ1v) is 14.4. The lowest BCUT2D eigenvalue weighted by atomic mass is 9.85. The van der Waals surface area contributed by atoms with E-state index in [1.54, 1.807) is 0 Å². The Labute approximate surface area is 248 Å². The van der Waals surface area contributed by atoms with E-state index in [-0.39, 0.29) is 0 Å². The number of allylic oxidation sites excluding steroid dienone is 4. The minimum absolute atomic E-state index is 0.964. The number of rotatable bonds is 4. The van der Waals surface area contributed by atoms with Crippen LogP contribution in [0.4, 0.5) is 0 Å². The molecule has 0 radical (unpaired) electrons. The third-order valence-electron chi connectivity index (χ3n) is 8.03. The molecule has 6 aromatic carbocycles. The summed E-state index contributed by atoms with van der Waals surface area (Å²) in [5.74, 6) is 0. The predicted octanol–water partition coefficient (Wildman–Crippen LogP) is 10.3. The van der Waals surface area contributed by atoms with Crippen molar-refractivity contribution in [3.8, 4) is 11.1 Å². The van der Waals surface area contributed by atoms with Gasteiger partial charge in [-0.25, -0.2) is 0 Å². The van der Waals surface area contributed by atoms with Crippen molar-refractivity contribution in [2.45, 2.75) is 13.8 Å². The topological polar surface area (TPSA) is 0 Å². The van der Waals surface area contributed by atoms with Gasteiger partial charge in [0.25, 0.3) is 0 Å². The van der Waals surface area contributed by atoms with Crippen molar-refractivity contribution in [1.29, 1.82) is 0 Å². The molecule has 0 nitrogen and oxygen atoms in total. The number of hydrogen-bond acceptors (Lipinski definition) is 0. The average molecular weight is 539 g/mol. The molecule has 0 aliphatic rings. The van der Waals surface area contributed by atoms with Gasteiger partial charge in [-0.2, -0.15) is 0 Å². The first-order valence-electron chi connectivity index (χ1n) is 14.4. The van der Waals surface area contributed by atoms with Crippen LogP contribution in [0.3, 0.4) is 0 Å². The standard InChI is InChI=1S/C42H34/c1-29-15-5-6-17-30(2)34(25-13-16-29)31(3)27-28-32(4)41-37-21-9-11-23-39(37)42(40-24-12-10-22-38(40)41)36-26-14-19-33-18-7-8-20-35(33)36/h5-28H,1-2H2,3-4H3/b15-5?,16-13?,17-6?,31-27+,32-28+,34-25?. The molecular formula is C42H34. The lowest BCUT2D eigenvalue weighted by Crippen LogP contribution is -2.02. The van der Waals surface area contributed by atoms with Crippen LogP contribution >= 0.6 is 0 Å². The van der Waals surface area contributed by atoms with E-state index in [1.807, 2.05) is 30.3 Å². The zero-order valence-corrected chi connectivity index (χ0v) is 24.3. The minimum atomic E-state index is 0.964. The van der Waals surface area contributed by atoms with Gasteiger partial charge in [-0.05, 0) is 90.0 Å². The van der Waals surface area contributed by atoms with Crippen LogP contribution in [0.25, 0.3) is 67.7 Å². The Balaban J connectivity index is 1.59. The zero-order valence-electron chi connectivity index (χ0n) is 24.3. The Morgan fingerprint density at radius 2 is 0.976 bits per heavy atom. The lowest BCUT2D eigenvalue weighted by Gasteiger charge is -2.19. The van der Waals surface area contributed by atoms with Gasteiger partial charge in [0, 0.05) is 0 Å². The van der Waals surface area contributed by atoms with E-state index in [2.05, 4.69) is 142 Å². The van der Waals surface area contributed by atoms with Crippen LogP contribution in [0.5, 0.6) is 0 Å². The Morgan fingerprint density at radius 3 is 1.69 bits per heavy atom. The van der Waals surface area contributed by atoms with Crippen LogP contribution < -0.4 is 10.4 Å². The summed E-state index contributed by atoms with van der Waals surface area (Å²) in [5, 5.41) is 9.53. The summed E-state index contributed by atoms with van der Waals surface area (Å²) >= 11 is 0. The molecule has 0 bridgehead atoms. The fraction of sp³-hybridized carbons (Fsp3) is 0.0476. The average Bonchev–Trinajstić information content (AvgIpc) is 3.02. The predicted molar refractivity (Wildman–Crippen MR) is 186 cm³/mol. The van der Waals surface area contributed by atoms with E-state index in [4.69, 9.17) is 0 Å². The van der Waals surface area contributed by atoms with Gasteiger partial charge < -0.3 is 0 Å². The van der Waals surface area contributed by atoms with Crippen molar-refractivity contribution in [1.82, 2.24) is 0 Å². The highest BCUT2D eigenvalue weighted by atomic mass is 14.2. The first kappa shape index (κ1) is 27.0. The SMILES string of the molecule is C=c1ccccc(=C)c(/C(C)=C/C=C(\C)c2c3ccccc3c(-c3cccc4ccccc34)c3ccccc23)ccc1. The van der Waals surface area contributed by atoms with Gasteiger partial charge in [-0.1, -0.05) is 159 Å². The van der Waals surface area contributed by atoms with Gasteiger partial charge in [0.1, 0.15) is 0 Å².